The molecule has 2 aliphatic heterocycles. The van der Waals surface area contributed by atoms with E-state index in [0.717, 1.165) is 45.4 Å². The van der Waals surface area contributed by atoms with Crippen LogP contribution in [0, 0.1) is 12.3 Å². The van der Waals surface area contributed by atoms with Crippen molar-refractivity contribution >= 4 is 17.3 Å². The Kier molecular flexibility index (Phi) is 5.66. The summed E-state index contributed by atoms with van der Waals surface area (Å²) in [4.78, 5) is 12.3. The van der Waals surface area contributed by atoms with Crippen molar-refractivity contribution in [3.05, 3.63) is 21.9 Å². The first-order chi connectivity index (χ1) is 12.3. The number of hydrogen-bond donors (Lipinski definition) is 1. The Bertz CT molecular complexity index is 646. The molecule has 5 nitrogen and oxygen atoms in total. The van der Waals surface area contributed by atoms with Gasteiger partial charge in [0.1, 0.15) is 0 Å². The van der Waals surface area contributed by atoms with Gasteiger partial charge >= 0.3 is 0 Å². The maximum absolute atomic E-state index is 5.56. The van der Waals surface area contributed by atoms with Crippen molar-refractivity contribution in [3.63, 3.8) is 0 Å². The highest BCUT2D eigenvalue weighted by molar-refractivity contribution is 7.12. The highest BCUT2D eigenvalue weighted by atomic mass is 32.1. The van der Waals surface area contributed by atoms with Crippen LogP contribution < -0.4 is 5.32 Å². The summed E-state index contributed by atoms with van der Waals surface area (Å²) >= 11 is 1.90. The summed E-state index contributed by atoms with van der Waals surface area (Å²) in [6, 6.07) is 4.87. The minimum atomic E-state index is 0.114. The number of nitrogens with zero attached hydrogens (tertiary/aromatic N) is 3. The third-order valence-corrected chi connectivity index (χ3v) is 7.48. The molecule has 0 radical (unpaired) electrons. The molecule has 1 atom stereocenters. The standard InChI is InChI=1S/C20H34N4OS/c1-15-7-8-17(26-15)16(23-9-11-25-12-10-23)13-22-18(21-6)24-14-19(2,3)20(24,4)5/h7-8,16H,9-14H2,1-6H3,(H,21,22). The Hall–Kier alpha value is -1.11. The van der Waals surface area contributed by atoms with E-state index in [1.807, 2.05) is 18.4 Å². The molecule has 2 aliphatic rings. The number of ether oxygens (including phenoxy) is 1. The molecule has 0 aliphatic carbocycles. The quantitative estimate of drug-likeness (QED) is 0.645. The molecule has 1 unspecified atom stereocenters. The summed E-state index contributed by atoms with van der Waals surface area (Å²) in [5.74, 6) is 1.01. The Balaban J connectivity index is 1.71. The molecule has 3 rings (SSSR count). The lowest BCUT2D eigenvalue weighted by Crippen LogP contribution is -2.72. The predicted molar refractivity (Wildman–Crippen MR) is 110 cm³/mol. The van der Waals surface area contributed by atoms with Gasteiger partial charge in [0, 0.05) is 53.9 Å². The second-order valence-electron chi connectivity index (χ2n) is 8.57. The molecule has 0 aromatic carbocycles. The van der Waals surface area contributed by atoms with Gasteiger partial charge in [0.25, 0.3) is 0 Å². The summed E-state index contributed by atoms with van der Waals surface area (Å²) in [6.07, 6.45) is 0. The van der Waals surface area contributed by atoms with Crippen LogP contribution in [-0.4, -0.2) is 67.7 Å². The number of aryl methyl sites for hydroxylation is 1. The molecule has 0 amide bonds. The van der Waals surface area contributed by atoms with Crippen molar-refractivity contribution in [2.45, 2.75) is 46.2 Å². The molecule has 0 spiro atoms. The van der Waals surface area contributed by atoms with E-state index in [1.54, 1.807) is 0 Å². The lowest BCUT2D eigenvalue weighted by molar-refractivity contribution is -0.0670. The lowest BCUT2D eigenvalue weighted by atomic mass is 9.65. The number of aliphatic imine (C=N–C) groups is 1. The van der Waals surface area contributed by atoms with Crippen LogP contribution in [0.5, 0.6) is 0 Å². The first kappa shape index (κ1) is 19.6. The number of nitrogens with one attached hydrogen (secondary N) is 1. The number of morpholine rings is 1. The maximum Gasteiger partial charge on any atom is 0.194 e. The predicted octanol–water partition coefficient (Wildman–Crippen LogP) is 3.13. The molecular formula is C20H34N4OS. The molecule has 1 aromatic heterocycles. The van der Waals surface area contributed by atoms with E-state index < -0.39 is 0 Å². The van der Waals surface area contributed by atoms with Crippen LogP contribution in [0.3, 0.4) is 0 Å². The van der Waals surface area contributed by atoms with E-state index in [0.29, 0.717) is 11.5 Å². The van der Waals surface area contributed by atoms with Crippen LogP contribution in [0.1, 0.15) is 43.5 Å². The Morgan fingerprint density at radius 1 is 1.27 bits per heavy atom. The molecule has 2 saturated heterocycles. The van der Waals surface area contributed by atoms with Crippen LogP contribution in [-0.2, 0) is 4.74 Å². The van der Waals surface area contributed by atoms with Crippen LogP contribution >= 0.6 is 11.3 Å². The van der Waals surface area contributed by atoms with Crippen molar-refractivity contribution in [2.24, 2.45) is 10.4 Å². The fourth-order valence-electron chi connectivity index (χ4n) is 3.81. The zero-order valence-electron chi connectivity index (χ0n) is 17.1. The fraction of sp³-hybridized carbons (Fsp3) is 0.750. The minimum Gasteiger partial charge on any atom is -0.379 e. The van der Waals surface area contributed by atoms with Gasteiger partial charge in [0.15, 0.2) is 5.96 Å². The summed E-state index contributed by atoms with van der Waals surface area (Å²) in [5.41, 5.74) is 0.419. The normalized spacial score (nSPS) is 24.2. The van der Waals surface area contributed by atoms with E-state index >= 15 is 0 Å². The van der Waals surface area contributed by atoms with Crippen LogP contribution in [0.4, 0.5) is 0 Å². The van der Waals surface area contributed by atoms with Crippen LogP contribution in [0.25, 0.3) is 0 Å². The molecule has 1 N–H and O–H groups in total. The van der Waals surface area contributed by atoms with Gasteiger partial charge in [-0.05, 0) is 32.9 Å². The van der Waals surface area contributed by atoms with Gasteiger partial charge in [-0.1, -0.05) is 13.8 Å². The molecule has 0 bridgehead atoms. The zero-order chi connectivity index (χ0) is 18.9. The van der Waals surface area contributed by atoms with E-state index in [2.05, 4.69) is 66.9 Å². The zero-order valence-corrected chi connectivity index (χ0v) is 17.9. The highest BCUT2D eigenvalue weighted by Crippen LogP contribution is 2.46. The first-order valence-electron chi connectivity index (χ1n) is 9.63. The molecular weight excluding hydrogens is 344 g/mol. The SMILES string of the molecule is CN=C(NCC(c1ccc(C)s1)N1CCOCC1)N1CC(C)(C)C1(C)C. The topological polar surface area (TPSA) is 40.1 Å². The van der Waals surface area contributed by atoms with Gasteiger partial charge in [-0.3, -0.25) is 9.89 Å². The van der Waals surface area contributed by atoms with Crippen molar-refractivity contribution in [2.75, 3.05) is 46.4 Å². The minimum absolute atomic E-state index is 0.114. The average Bonchev–Trinajstić information content (AvgIpc) is 3.04. The lowest BCUT2D eigenvalue weighted by Gasteiger charge is -2.62. The number of guanidine groups is 1. The van der Waals surface area contributed by atoms with Gasteiger partial charge in [-0.2, -0.15) is 0 Å². The largest absolute Gasteiger partial charge is 0.379 e. The molecule has 146 valence electrons. The summed E-state index contributed by atoms with van der Waals surface area (Å²) in [6.45, 7) is 17.0. The molecule has 3 heterocycles. The van der Waals surface area contributed by atoms with Crippen molar-refractivity contribution in [1.82, 2.24) is 15.1 Å². The summed E-state index contributed by atoms with van der Waals surface area (Å²) < 4.78 is 5.56. The van der Waals surface area contributed by atoms with Crippen LogP contribution in [0.2, 0.25) is 0 Å². The monoisotopic (exact) mass is 378 g/mol. The van der Waals surface area contributed by atoms with Gasteiger partial charge in [-0.15, -0.1) is 11.3 Å². The number of rotatable bonds is 4. The van der Waals surface area contributed by atoms with E-state index in [-0.39, 0.29) is 5.54 Å². The van der Waals surface area contributed by atoms with Crippen molar-refractivity contribution in [1.29, 1.82) is 0 Å². The molecule has 0 saturated carbocycles. The maximum atomic E-state index is 5.56. The summed E-state index contributed by atoms with van der Waals surface area (Å²) in [5, 5.41) is 3.67. The van der Waals surface area contributed by atoms with Gasteiger partial charge < -0.3 is 15.0 Å². The Morgan fingerprint density at radius 2 is 1.96 bits per heavy atom. The first-order valence-corrected chi connectivity index (χ1v) is 10.4. The number of thiophene rings is 1. The second-order valence-corrected chi connectivity index (χ2v) is 9.89. The molecule has 1 aromatic rings. The van der Waals surface area contributed by atoms with E-state index in [4.69, 9.17) is 4.74 Å². The number of likely N-dealkylation sites (tertiary alicyclic amines) is 1. The number of hydrogen-bond acceptors (Lipinski definition) is 4. The Morgan fingerprint density at radius 3 is 2.46 bits per heavy atom. The third kappa shape index (κ3) is 3.64. The van der Waals surface area contributed by atoms with Crippen LogP contribution in [0.15, 0.2) is 17.1 Å². The van der Waals surface area contributed by atoms with E-state index in [9.17, 15) is 0 Å². The van der Waals surface area contributed by atoms with E-state index in [1.165, 1.54) is 9.75 Å². The molecule has 26 heavy (non-hydrogen) atoms. The van der Waals surface area contributed by atoms with Crippen molar-refractivity contribution in [3.8, 4) is 0 Å². The van der Waals surface area contributed by atoms with Gasteiger partial charge in [0.2, 0.25) is 0 Å². The summed E-state index contributed by atoms with van der Waals surface area (Å²) in [7, 11) is 1.89. The highest BCUT2D eigenvalue weighted by Gasteiger charge is 2.53. The molecule has 6 heteroatoms. The fourth-order valence-corrected chi connectivity index (χ4v) is 4.83. The van der Waals surface area contributed by atoms with Gasteiger partial charge in [0.05, 0.1) is 19.3 Å². The smallest absolute Gasteiger partial charge is 0.194 e. The van der Waals surface area contributed by atoms with Crippen molar-refractivity contribution < 1.29 is 4.74 Å². The third-order valence-electron chi connectivity index (χ3n) is 6.38. The van der Waals surface area contributed by atoms with Gasteiger partial charge in [-0.25, -0.2) is 0 Å². The Labute approximate surface area is 162 Å². The molecule has 2 fully saturated rings. The second kappa shape index (κ2) is 7.49. The average molecular weight is 379 g/mol.